The van der Waals surface area contributed by atoms with Crippen LogP contribution >= 0.6 is 0 Å². The normalized spacial score (nSPS) is 13.2. The van der Waals surface area contributed by atoms with Gasteiger partial charge in [0, 0.05) is 5.57 Å². The minimum Gasteiger partial charge on any atom is -0.493 e. The van der Waals surface area contributed by atoms with Crippen molar-refractivity contribution >= 4 is 17.1 Å². The van der Waals surface area contributed by atoms with Crippen molar-refractivity contribution in [3.8, 4) is 28.7 Å². The van der Waals surface area contributed by atoms with E-state index < -0.39 is 5.97 Å². The number of carbonyl (C=O) groups excluding carboxylic acids is 1. The molecule has 0 N–H and O–H groups in total. The first-order chi connectivity index (χ1) is 13.6. The van der Waals surface area contributed by atoms with E-state index in [1.54, 1.807) is 32.4 Å². The maximum absolute atomic E-state index is 12.5. The lowest BCUT2D eigenvalue weighted by molar-refractivity contribution is -0.133. The highest BCUT2D eigenvalue weighted by Gasteiger charge is 2.29. The van der Waals surface area contributed by atoms with Crippen LogP contribution in [0.25, 0.3) is 11.1 Å². The summed E-state index contributed by atoms with van der Waals surface area (Å²) < 4.78 is 32.2. The third-order valence-corrected chi connectivity index (χ3v) is 4.54. The van der Waals surface area contributed by atoms with Gasteiger partial charge in [0.25, 0.3) is 0 Å². The smallest absolute Gasteiger partial charge is 0.339 e. The maximum Gasteiger partial charge on any atom is 0.339 e. The van der Waals surface area contributed by atoms with Crippen molar-refractivity contribution in [1.82, 2.24) is 0 Å². The molecule has 0 aliphatic carbocycles. The zero-order chi connectivity index (χ0) is 20.3. The van der Waals surface area contributed by atoms with Crippen molar-refractivity contribution in [2.24, 2.45) is 0 Å². The fraction of sp³-hybridized carbons (Fsp3) is 0.286. The van der Waals surface area contributed by atoms with Crippen LogP contribution in [0.5, 0.6) is 28.7 Å². The number of hydrogen-bond donors (Lipinski definition) is 0. The molecule has 1 aliphatic heterocycles. The molecule has 0 spiro atoms. The van der Waals surface area contributed by atoms with Gasteiger partial charge in [-0.05, 0) is 35.4 Å². The van der Waals surface area contributed by atoms with Gasteiger partial charge in [0.1, 0.15) is 6.61 Å². The molecule has 2 aromatic carbocycles. The van der Waals surface area contributed by atoms with Crippen molar-refractivity contribution in [2.45, 2.75) is 0 Å². The molecule has 2 aromatic rings. The molecule has 0 atom stereocenters. The van der Waals surface area contributed by atoms with Crippen molar-refractivity contribution in [2.75, 3.05) is 42.2 Å². The van der Waals surface area contributed by atoms with Crippen molar-refractivity contribution < 1.29 is 33.2 Å². The number of benzene rings is 2. The van der Waals surface area contributed by atoms with Gasteiger partial charge in [-0.1, -0.05) is 6.07 Å². The first-order valence-electron chi connectivity index (χ1n) is 8.51. The molecule has 28 heavy (non-hydrogen) atoms. The molecule has 0 fully saturated rings. The Kier molecular flexibility index (Phi) is 5.63. The van der Waals surface area contributed by atoms with Crippen LogP contribution in [0.3, 0.4) is 0 Å². The maximum atomic E-state index is 12.5. The lowest BCUT2D eigenvalue weighted by Crippen LogP contribution is -2.01. The van der Waals surface area contributed by atoms with Gasteiger partial charge >= 0.3 is 5.97 Å². The van der Waals surface area contributed by atoms with Crippen molar-refractivity contribution in [3.05, 3.63) is 41.5 Å². The monoisotopic (exact) mass is 386 g/mol. The second-order valence-electron chi connectivity index (χ2n) is 5.91. The molecule has 0 radical (unpaired) electrons. The molecule has 7 nitrogen and oxygen atoms in total. The summed E-state index contributed by atoms with van der Waals surface area (Å²) in [5, 5.41) is 0. The fourth-order valence-electron chi connectivity index (χ4n) is 3.17. The second kappa shape index (κ2) is 8.12. The Labute approximate surface area is 163 Å². The predicted octanol–water partition coefficient (Wildman–Crippen LogP) is 3.20. The van der Waals surface area contributed by atoms with E-state index in [-0.39, 0.29) is 6.61 Å². The zero-order valence-corrected chi connectivity index (χ0v) is 16.5. The number of carbonyl (C=O) groups is 1. The largest absolute Gasteiger partial charge is 0.493 e. The summed E-state index contributed by atoms with van der Waals surface area (Å²) in [6, 6.07) is 8.91. The van der Waals surface area contributed by atoms with E-state index in [0.29, 0.717) is 39.9 Å². The SMILES string of the molecule is COc1ccc(C2=C(c3cc(OC)c(OC)c(OC)c3)C(=O)OC2)cc1OC. The summed E-state index contributed by atoms with van der Waals surface area (Å²) in [5.74, 6) is 2.11. The summed E-state index contributed by atoms with van der Waals surface area (Å²) >= 11 is 0. The van der Waals surface area contributed by atoms with Gasteiger partial charge in [-0.3, -0.25) is 0 Å². The van der Waals surface area contributed by atoms with Gasteiger partial charge in [0.15, 0.2) is 23.0 Å². The molecular weight excluding hydrogens is 364 g/mol. The quantitative estimate of drug-likeness (QED) is 0.677. The van der Waals surface area contributed by atoms with Crippen LogP contribution in [-0.2, 0) is 9.53 Å². The summed E-state index contributed by atoms with van der Waals surface area (Å²) in [6.07, 6.45) is 0. The summed E-state index contributed by atoms with van der Waals surface area (Å²) in [5.41, 5.74) is 2.58. The standard InChI is InChI=1S/C21H22O7/c1-23-15-7-6-12(8-16(15)24-2)14-11-28-21(22)19(14)13-9-17(25-3)20(27-5)18(10-13)26-4/h6-10H,11H2,1-5H3. The van der Waals surface area contributed by atoms with E-state index in [9.17, 15) is 4.79 Å². The lowest BCUT2D eigenvalue weighted by atomic mass is 9.96. The molecule has 1 heterocycles. The van der Waals surface area contributed by atoms with Gasteiger partial charge < -0.3 is 28.4 Å². The van der Waals surface area contributed by atoms with Crippen LogP contribution in [0.4, 0.5) is 0 Å². The third-order valence-electron chi connectivity index (χ3n) is 4.54. The van der Waals surface area contributed by atoms with E-state index in [0.717, 1.165) is 11.1 Å². The van der Waals surface area contributed by atoms with Gasteiger partial charge in [0.2, 0.25) is 5.75 Å². The van der Waals surface area contributed by atoms with E-state index in [4.69, 9.17) is 28.4 Å². The molecule has 0 saturated carbocycles. The average Bonchev–Trinajstić information content (AvgIpc) is 3.13. The van der Waals surface area contributed by atoms with E-state index >= 15 is 0 Å². The third kappa shape index (κ3) is 3.31. The van der Waals surface area contributed by atoms with Crippen molar-refractivity contribution in [1.29, 1.82) is 0 Å². The number of methoxy groups -OCH3 is 5. The van der Waals surface area contributed by atoms with Gasteiger partial charge in [-0.15, -0.1) is 0 Å². The van der Waals surface area contributed by atoms with E-state index in [1.165, 1.54) is 21.3 Å². The summed E-state index contributed by atoms with van der Waals surface area (Å²) in [4.78, 5) is 12.5. The summed E-state index contributed by atoms with van der Waals surface area (Å²) in [7, 11) is 7.71. The first kappa shape index (κ1) is 19.4. The average molecular weight is 386 g/mol. The molecule has 0 unspecified atom stereocenters. The molecule has 148 valence electrons. The Morgan fingerprint density at radius 1 is 0.714 bits per heavy atom. The molecular formula is C21H22O7. The van der Waals surface area contributed by atoms with Gasteiger partial charge in [0.05, 0.1) is 41.1 Å². The minimum absolute atomic E-state index is 0.153. The van der Waals surface area contributed by atoms with Crippen LogP contribution in [0.1, 0.15) is 11.1 Å². The van der Waals surface area contributed by atoms with Crippen LogP contribution in [0, 0.1) is 0 Å². The molecule has 3 rings (SSSR count). The number of ether oxygens (including phenoxy) is 6. The van der Waals surface area contributed by atoms with Crippen molar-refractivity contribution in [3.63, 3.8) is 0 Å². The van der Waals surface area contributed by atoms with Crippen LogP contribution in [-0.4, -0.2) is 48.1 Å². The highest BCUT2D eigenvalue weighted by atomic mass is 16.5. The Morgan fingerprint density at radius 2 is 1.29 bits per heavy atom. The Hall–Kier alpha value is -3.35. The molecule has 1 aliphatic rings. The Balaban J connectivity index is 2.19. The zero-order valence-electron chi connectivity index (χ0n) is 16.5. The van der Waals surface area contributed by atoms with Gasteiger partial charge in [-0.25, -0.2) is 4.79 Å². The molecule has 0 amide bonds. The number of rotatable bonds is 7. The predicted molar refractivity (Wildman–Crippen MR) is 103 cm³/mol. The van der Waals surface area contributed by atoms with E-state index in [2.05, 4.69) is 0 Å². The lowest BCUT2D eigenvalue weighted by Gasteiger charge is -2.15. The van der Waals surface area contributed by atoms with Crippen LogP contribution < -0.4 is 23.7 Å². The Bertz CT molecular complexity index is 905. The first-order valence-corrected chi connectivity index (χ1v) is 8.51. The second-order valence-corrected chi connectivity index (χ2v) is 5.91. The molecule has 0 saturated heterocycles. The Morgan fingerprint density at radius 3 is 1.82 bits per heavy atom. The number of hydrogen-bond acceptors (Lipinski definition) is 7. The fourth-order valence-corrected chi connectivity index (χ4v) is 3.17. The van der Waals surface area contributed by atoms with Crippen LogP contribution in [0.2, 0.25) is 0 Å². The van der Waals surface area contributed by atoms with E-state index in [1.807, 2.05) is 12.1 Å². The topological polar surface area (TPSA) is 72.5 Å². The molecule has 7 heteroatoms. The van der Waals surface area contributed by atoms with Crippen LogP contribution in [0.15, 0.2) is 30.3 Å². The summed E-state index contributed by atoms with van der Waals surface area (Å²) in [6.45, 7) is 0.153. The van der Waals surface area contributed by atoms with Gasteiger partial charge in [-0.2, -0.15) is 0 Å². The molecule has 0 bridgehead atoms. The molecule has 0 aromatic heterocycles. The minimum atomic E-state index is -0.418. The highest BCUT2D eigenvalue weighted by molar-refractivity contribution is 6.27. The highest BCUT2D eigenvalue weighted by Crippen LogP contribution is 2.43. The number of esters is 1. The number of cyclic esters (lactones) is 1.